The molecule has 0 aliphatic rings. The van der Waals surface area contributed by atoms with Crippen molar-refractivity contribution in [2.75, 3.05) is 11.9 Å². The van der Waals surface area contributed by atoms with Crippen LogP contribution < -0.4 is 10.1 Å². The van der Waals surface area contributed by atoms with E-state index in [0.29, 0.717) is 0 Å². The molecule has 0 bridgehead atoms. The van der Waals surface area contributed by atoms with Gasteiger partial charge in [-0.15, -0.1) is 0 Å². The summed E-state index contributed by atoms with van der Waals surface area (Å²) in [5, 5.41) is 5.11. The fourth-order valence-electron chi connectivity index (χ4n) is 2.33. The summed E-state index contributed by atoms with van der Waals surface area (Å²) in [5.74, 6) is 0.565. The van der Waals surface area contributed by atoms with E-state index in [4.69, 9.17) is 4.74 Å². The van der Waals surface area contributed by atoms with Gasteiger partial charge in [0.05, 0.1) is 0 Å². The van der Waals surface area contributed by atoms with Gasteiger partial charge in [0.25, 0.3) is 5.91 Å². The van der Waals surface area contributed by atoms with E-state index in [1.807, 2.05) is 73.7 Å². The number of carbonyl (C=O) groups is 1. The molecule has 110 valence electrons. The first-order chi connectivity index (χ1) is 10.7. The second kappa shape index (κ2) is 6.31. The van der Waals surface area contributed by atoms with Crippen LogP contribution >= 0.6 is 0 Å². The first kappa shape index (κ1) is 14.1. The molecular formula is C19H17NO2. The van der Waals surface area contributed by atoms with Crippen molar-refractivity contribution >= 4 is 22.4 Å². The van der Waals surface area contributed by atoms with Crippen molar-refractivity contribution < 1.29 is 9.53 Å². The van der Waals surface area contributed by atoms with Crippen molar-refractivity contribution in [2.24, 2.45) is 0 Å². The van der Waals surface area contributed by atoms with Gasteiger partial charge in [-0.1, -0.05) is 48.5 Å². The van der Waals surface area contributed by atoms with Crippen molar-refractivity contribution in [3.63, 3.8) is 0 Å². The van der Waals surface area contributed by atoms with Gasteiger partial charge < -0.3 is 10.1 Å². The topological polar surface area (TPSA) is 38.3 Å². The summed E-state index contributed by atoms with van der Waals surface area (Å²) in [6.45, 7) is 1.95. The van der Waals surface area contributed by atoms with E-state index in [1.165, 1.54) is 0 Å². The van der Waals surface area contributed by atoms with Crippen molar-refractivity contribution in [2.45, 2.75) is 6.92 Å². The fraction of sp³-hybridized carbons (Fsp3) is 0.105. The van der Waals surface area contributed by atoms with Crippen molar-refractivity contribution in [3.8, 4) is 5.75 Å². The summed E-state index contributed by atoms with van der Waals surface area (Å²) in [6, 6.07) is 21.5. The van der Waals surface area contributed by atoms with E-state index in [-0.39, 0.29) is 12.5 Å². The summed E-state index contributed by atoms with van der Waals surface area (Å²) in [6.07, 6.45) is 0. The van der Waals surface area contributed by atoms with Gasteiger partial charge in [0, 0.05) is 5.69 Å². The molecule has 0 aliphatic heterocycles. The van der Waals surface area contributed by atoms with E-state index in [9.17, 15) is 4.79 Å². The first-order valence-electron chi connectivity index (χ1n) is 7.19. The number of hydrogen-bond acceptors (Lipinski definition) is 2. The van der Waals surface area contributed by atoms with Crippen LogP contribution in [0, 0.1) is 6.92 Å². The third kappa shape index (κ3) is 3.26. The molecule has 1 amide bonds. The van der Waals surface area contributed by atoms with Crippen LogP contribution in [0.2, 0.25) is 0 Å². The molecule has 0 heterocycles. The number of para-hydroxylation sites is 1. The smallest absolute Gasteiger partial charge is 0.262 e. The molecule has 3 rings (SSSR count). The van der Waals surface area contributed by atoms with Crippen LogP contribution in [-0.4, -0.2) is 12.5 Å². The number of hydrogen-bond donors (Lipinski definition) is 1. The zero-order chi connectivity index (χ0) is 15.4. The summed E-state index contributed by atoms with van der Waals surface area (Å²) in [5.41, 5.74) is 1.79. The molecule has 0 aliphatic carbocycles. The van der Waals surface area contributed by atoms with Crippen LogP contribution in [-0.2, 0) is 4.79 Å². The minimum atomic E-state index is -0.168. The SMILES string of the molecule is Cc1ccccc1OCC(=O)Nc1ccc2ccccc2c1. The Labute approximate surface area is 129 Å². The van der Waals surface area contributed by atoms with Crippen molar-refractivity contribution in [1.82, 2.24) is 0 Å². The predicted molar refractivity (Wildman–Crippen MR) is 89.3 cm³/mol. The number of ether oxygens (including phenoxy) is 1. The van der Waals surface area contributed by atoms with E-state index in [1.54, 1.807) is 0 Å². The number of aryl methyl sites for hydroxylation is 1. The van der Waals surface area contributed by atoms with Crippen LogP contribution in [0.1, 0.15) is 5.56 Å². The highest BCUT2D eigenvalue weighted by Gasteiger charge is 2.05. The predicted octanol–water partition coefficient (Wildman–Crippen LogP) is 4.17. The molecule has 0 spiro atoms. The minimum Gasteiger partial charge on any atom is -0.483 e. The fourth-order valence-corrected chi connectivity index (χ4v) is 2.33. The Hall–Kier alpha value is -2.81. The van der Waals surface area contributed by atoms with Gasteiger partial charge in [0.15, 0.2) is 6.61 Å². The lowest BCUT2D eigenvalue weighted by atomic mass is 10.1. The number of benzene rings is 3. The maximum Gasteiger partial charge on any atom is 0.262 e. The third-order valence-electron chi connectivity index (χ3n) is 3.49. The van der Waals surface area contributed by atoms with Gasteiger partial charge in [0.2, 0.25) is 0 Å². The van der Waals surface area contributed by atoms with E-state index in [0.717, 1.165) is 27.8 Å². The minimum absolute atomic E-state index is 0.00230. The second-order valence-electron chi connectivity index (χ2n) is 5.16. The lowest BCUT2D eigenvalue weighted by Gasteiger charge is -2.10. The third-order valence-corrected chi connectivity index (χ3v) is 3.49. The van der Waals surface area contributed by atoms with Gasteiger partial charge in [-0.05, 0) is 41.5 Å². The van der Waals surface area contributed by atoms with Gasteiger partial charge in [-0.25, -0.2) is 0 Å². The Morgan fingerprint density at radius 2 is 1.68 bits per heavy atom. The highest BCUT2D eigenvalue weighted by atomic mass is 16.5. The van der Waals surface area contributed by atoms with Gasteiger partial charge in [0.1, 0.15) is 5.75 Å². The molecule has 0 saturated heterocycles. The molecule has 0 radical (unpaired) electrons. The summed E-state index contributed by atoms with van der Waals surface area (Å²) in [4.78, 5) is 12.0. The molecule has 3 nitrogen and oxygen atoms in total. The highest BCUT2D eigenvalue weighted by Crippen LogP contribution is 2.19. The number of carbonyl (C=O) groups excluding carboxylic acids is 1. The number of nitrogens with one attached hydrogen (secondary N) is 1. The standard InChI is InChI=1S/C19H17NO2/c1-14-6-2-5-9-18(14)22-13-19(21)20-17-11-10-15-7-3-4-8-16(15)12-17/h2-12H,13H2,1H3,(H,20,21). The molecule has 0 fully saturated rings. The highest BCUT2D eigenvalue weighted by molar-refractivity contribution is 5.95. The monoisotopic (exact) mass is 291 g/mol. The average molecular weight is 291 g/mol. The Kier molecular flexibility index (Phi) is 4.05. The van der Waals surface area contributed by atoms with Crippen LogP contribution in [0.15, 0.2) is 66.7 Å². The van der Waals surface area contributed by atoms with Crippen LogP contribution in [0.5, 0.6) is 5.75 Å². The van der Waals surface area contributed by atoms with Crippen LogP contribution in [0.4, 0.5) is 5.69 Å². The zero-order valence-corrected chi connectivity index (χ0v) is 12.4. The molecular weight excluding hydrogens is 274 g/mol. The molecule has 1 N–H and O–H groups in total. The molecule has 0 atom stereocenters. The number of fused-ring (bicyclic) bond motifs is 1. The molecule has 0 aromatic heterocycles. The quantitative estimate of drug-likeness (QED) is 0.783. The Morgan fingerprint density at radius 3 is 2.50 bits per heavy atom. The van der Waals surface area contributed by atoms with Crippen molar-refractivity contribution in [1.29, 1.82) is 0 Å². The van der Waals surface area contributed by atoms with E-state index >= 15 is 0 Å². The van der Waals surface area contributed by atoms with Gasteiger partial charge in [-0.2, -0.15) is 0 Å². The van der Waals surface area contributed by atoms with E-state index in [2.05, 4.69) is 5.32 Å². The maximum atomic E-state index is 12.0. The second-order valence-corrected chi connectivity index (χ2v) is 5.16. The maximum absolute atomic E-state index is 12.0. The lowest BCUT2D eigenvalue weighted by Crippen LogP contribution is -2.20. The van der Waals surface area contributed by atoms with Crippen molar-refractivity contribution in [3.05, 3.63) is 72.3 Å². The largest absolute Gasteiger partial charge is 0.483 e. The Morgan fingerprint density at radius 1 is 0.955 bits per heavy atom. The molecule has 3 heteroatoms. The van der Waals surface area contributed by atoms with E-state index < -0.39 is 0 Å². The molecule has 22 heavy (non-hydrogen) atoms. The molecule has 3 aromatic carbocycles. The Balaban J connectivity index is 1.64. The molecule has 0 saturated carbocycles. The number of rotatable bonds is 4. The normalized spacial score (nSPS) is 10.4. The van der Waals surface area contributed by atoms with Gasteiger partial charge >= 0.3 is 0 Å². The number of amides is 1. The molecule has 0 unspecified atom stereocenters. The summed E-state index contributed by atoms with van der Waals surface area (Å²) in [7, 11) is 0. The molecule has 3 aromatic rings. The lowest BCUT2D eigenvalue weighted by molar-refractivity contribution is -0.118. The zero-order valence-electron chi connectivity index (χ0n) is 12.4. The average Bonchev–Trinajstić information content (AvgIpc) is 2.54. The Bertz CT molecular complexity index is 811. The van der Waals surface area contributed by atoms with Gasteiger partial charge in [-0.3, -0.25) is 4.79 Å². The first-order valence-corrected chi connectivity index (χ1v) is 7.19. The van der Waals surface area contributed by atoms with Crippen LogP contribution in [0.3, 0.4) is 0 Å². The summed E-state index contributed by atoms with van der Waals surface area (Å²) < 4.78 is 5.55. The number of anilines is 1. The van der Waals surface area contributed by atoms with Crippen LogP contribution in [0.25, 0.3) is 10.8 Å². The summed E-state index contributed by atoms with van der Waals surface area (Å²) >= 11 is 0.